The fraction of sp³-hybridized carbons (Fsp3) is 0.462. The molecule has 1 aromatic carbocycles. The first kappa shape index (κ1) is 14.8. The molecule has 0 radical (unpaired) electrons. The number of hydrogen-bond donors (Lipinski definition) is 2. The summed E-state index contributed by atoms with van der Waals surface area (Å²) < 4.78 is 5.42. The number of carbonyl (C=O) groups excluding carboxylic acids is 1. The lowest BCUT2D eigenvalue weighted by Gasteiger charge is -2.13. The van der Waals surface area contributed by atoms with Crippen molar-refractivity contribution in [2.24, 2.45) is 0 Å². The van der Waals surface area contributed by atoms with Crippen LogP contribution in [0.15, 0.2) is 18.2 Å². The Morgan fingerprint density at radius 2 is 2.17 bits per heavy atom. The quantitative estimate of drug-likeness (QED) is 0.836. The minimum atomic E-state index is -0.119. The van der Waals surface area contributed by atoms with E-state index in [1.165, 1.54) is 0 Å². The van der Waals surface area contributed by atoms with E-state index in [1.54, 1.807) is 18.2 Å². The Labute approximate surface area is 113 Å². The molecule has 0 fully saturated rings. The minimum Gasteiger partial charge on any atom is -0.492 e. The Balaban J connectivity index is 2.69. The third-order valence-corrected chi connectivity index (χ3v) is 2.42. The summed E-state index contributed by atoms with van der Waals surface area (Å²) in [6, 6.07) is 5.42. The molecule has 4 nitrogen and oxygen atoms in total. The van der Waals surface area contributed by atoms with Gasteiger partial charge in [0.25, 0.3) is 0 Å². The normalized spacial score (nSPS) is 10.5. The van der Waals surface area contributed by atoms with E-state index in [0.29, 0.717) is 23.1 Å². The lowest BCUT2D eigenvalue weighted by atomic mass is 10.3. The van der Waals surface area contributed by atoms with Gasteiger partial charge in [-0.2, -0.15) is 0 Å². The zero-order valence-corrected chi connectivity index (χ0v) is 11.7. The molecule has 0 aliphatic carbocycles. The van der Waals surface area contributed by atoms with Crippen LogP contribution >= 0.6 is 11.6 Å². The van der Waals surface area contributed by atoms with E-state index in [9.17, 15) is 4.79 Å². The number of hydrogen-bond acceptors (Lipinski definition) is 3. The van der Waals surface area contributed by atoms with Crippen molar-refractivity contribution in [1.82, 2.24) is 5.32 Å². The van der Waals surface area contributed by atoms with Crippen molar-refractivity contribution in [3.8, 4) is 5.75 Å². The van der Waals surface area contributed by atoms with E-state index in [4.69, 9.17) is 16.3 Å². The van der Waals surface area contributed by atoms with Crippen molar-refractivity contribution in [2.75, 3.05) is 18.5 Å². The predicted molar refractivity (Wildman–Crippen MR) is 74.4 cm³/mol. The molecular formula is C13H19ClN2O2. The lowest BCUT2D eigenvalue weighted by Crippen LogP contribution is -2.32. The van der Waals surface area contributed by atoms with E-state index in [2.05, 4.69) is 10.6 Å². The Morgan fingerprint density at radius 1 is 1.44 bits per heavy atom. The van der Waals surface area contributed by atoms with Gasteiger partial charge < -0.3 is 15.4 Å². The molecule has 100 valence electrons. The van der Waals surface area contributed by atoms with E-state index >= 15 is 0 Å². The van der Waals surface area contributed by atoms with Gasteiger partial charge in [-0.25, -0.2) is 0 Å². The van der Waals surface area contributed by atoms with Crippen molar-refractivity contribution < 1.29 is 9.53 Å². The molecule has 1 aromatic rings. The number of nitrogens with one attached hydrogen (secondary N) is 2. The van der Waals surface area contributed by atoms with Gasteiger partial charge in [0, 0.05) is 11.1 Å². The van der Waals surface area contributed by atoms with Gasteiger partial charge in [-0.15, -0.1) is 0 Å². The highest BCUT2D eigenvalue weighted by molar-refractivity contribution is 6.31. The first-order valence-electron chi connectivity index (χ1n) is 5.98. The highest BCUT2D eigenvalue weighted by Crippen LogP contribution is 2.27. The maximum absolute atomic E-state index is 11.7. The Bertz CT molecular complexity index is 408. The molecule has 18 heavy (non-hydrogen) atoms. The maximum atomic E-state index is 11.7. The molecule has 1 rings (SSSR count). The fourth-order valence-electron chi connectivity index (χ4n) is 1.37. The summed E-state index contributed by atoms with van der Waals surface area (Å²) in [6.45, 7) is 6.65. The second kappa shape index (κ2) is 7.24. The van der Waals surface area contributed by atoms with Crippen LogP contribution in [0, 0.1) is 0 Å². The minimum absolute atomic E-state index is 0.119. The smallest absolute Gasteiger partial charge is 0.238 e. The average molecular weight is 271 g/mol. The molecule has 1 amide bonds. The van der Waals surface area contributed by atoms with Gasteiger partial charge in [0.1, 0.15) is 5.75 Å². The van der Waals surface area contributed by atoms with Crippen LogP contribution in [-0.2, 0) is 4.79 Å². The molecule has 2 N–H and O–H groups in total. The zero-order valence-electron chi connectivity index (χ0n) is 10.9. The average Bonchev–Trinajstić information content (AvgIpc) is 2.30. The molecule has 0 spiro atoms. The molecule has 0 aliphatic rings. The largest absolute Gasteiger partial charge is 0.492 e. The lowest BCUT2D eigenvalue weighted by molar-refractivity contribution is -0.115. The number of rotatable bonds is 6. The third-order valence-electron chi connectivity index (χ3n) is 2.19. The van der Waals surface area contributed by atoms with Gasteiger partial charge in [0.15, 0.2) is 0 Å². The van der Waals surface area contributed by atoms with Crippen LogP contribution < -0.4 is 15.4 Å². The Morgan fingerprint density at radius 3 is 2.78 bits per heavy atom. The first-order chi connectivity index (χ1) is 8.52. The number of benzene rings is 1. The second-order valence-electron chi connectivity index (χ2n) is 4.16. The van der Waals surface area contributed by atoms with Gasteiger partial charge in [-0.05, 0) is 25.1 Å². The van der Waals surface area contributed by atoms with Gasteiger partial charge in [-0.1, -0.05) is 25.4 Å². The maximum Gasteiger partial charge on any atom is 0.238 e. The monoisotopic (exact) mass is 270 g/mol. The molecule has 0 unspecified atom stereocenters. The van der Waals surface area contributed by atoms with Gasteiger partial charge in [0.2, 0.25) is 5.91 Å². The van der Waals surface area contributed by atoms with Crippen LogP contribution in [0.25, 0.3) is 0 Å². The van der Waals surface area contributed by atoms with Crippen LogP contribution in [0.2, 0.25) is 5.02 Å². The van der Waals surface area contributed by atoms with Crippen LogP contribution in [0.5, 0.6) is 5.75 Å². The van der Waals surface area contributed by atoms with Crippen LogP contribution in [0.4, 0.5) is 5.69 Å². The van der Waals surface area contributed by atoms with E-state index in [-0.39, 0.29) is 18.5 Å². The first-order valence-corrected chi connectivity index (χ1v) is 6.36. The topological polar surface area (TPSA) is 50.4 Å². The fourth-order valence-corrected chi connectivity index (χ4v) is 1.54. The Kier molecular flexibility index (Phi) is 5.95. The summed E-state index contributed by atoms with van der Waals surface area (Å²) in [6.07, 6.45) is 0. The Hall–Kier alpha value is -1.26. The van der Waals surface area contributed by atoms with Crippen LogP contribution in [0.1, 0.15) is 20.8 Å². The molecule has 0 aromatic heterocycles. The van der Waals surface area contributed by atoms with E-state index < -0.39 is 0 Å². The van der Waals surface area contributed by atoms with Gasteiger partial charge in [-0.3, -0.25) is 4.79 Å². The van der Waals surface area contributed by atoms with Gasteiger partial charge >= 0.3 is 0 Å². The summed E-state index contributed by atoms with van der Waals surface area (Å²) in [7, 11) is 0. The van der Waals surface area contributed by atoms with Crippen molar-refractivity contribution in [3.05, 3.63) is 23.2 Å². The zero-order chi connectivity index (χ0) is 13.5. The van der Waals surface area contributed by atoms with E-state index in [0.717, 1.165) is 0 Å². The second-order valence-corrected chi connectivity index (χ2v) is 4.59. The predicted octanol–water partition coefficient (Wildman–Crippen LogP) is 2.68. The van der Waals surface area contributed by atoms with Gasteiger partial charge in [0.05, 0.1) is 18.8 Å². The number of anilines is 1. The summed E-state index contributed by atoms with van der Waals surface area (Å²) in [5, 5.41) is 6.39. The number of amides is 1. The van der Waals surface area contributed by atoms with Crippen molar-refractivity contribution in [2.45, 2.75) is 26.8 Å². The standard InChI is InChI=1S/C13H19ClN2O2/c1-4-18-12-6-5-10(14)7-11(12)16-13(17)8-15-9(2)3/h5-7,9,15H,4,8H2,1-3H3,(H,16,17). The molecule has 0 atom stereocenters. The molecule has 0 saturated carbocycles. The molecule has 0 saturated heterocycles. The molecular weight excluding hydrogens is 252 g/mol. The third kappa shape index (κ3) is 4.94. The number of halogens is 1. The SMILES string of the molecule is CCOc1ccc(Cl)cc1NC(=O)CNC(C)C. The van der Waals surface area contributed by atoms with Crippen LogP contribution in [0.3, 0.4) is 0 Å². The molecule has 5 heteroatoms. The molecule has 0 heterocycles. The van der Waals surface area contributed by atoms with Crippen molar-refractivity contribution >= 4 is 23.2 Å². The van der Waals surface area contributed by atoms with Crippen LogP contribution in [-0.4, -0.2) is 25.1 Å². The summed E-state index contributed by atoms with van der Waals surface area (Å²) >= 11 is 5.91. The molecule has 0 aliphatic heterocycles. The number of carbonyl (C=O) groups is 1. The highest BCUT2D eigenvalue weighted by Gasteiger charge is 2.08. The van der Waals surface area contributed by atoms with Crippen molar-refractivity contribution in [3.63, 3.8) is 0 Å². The number of ether oxygens (including phenoxy) is 1. The van der Waals surface area contributed by atoms with E-state index in [1.807, 2.05) is 20.8 Å². The summed E-state index contributed by atoms with van der Waals surface area (Å²) in [5.41, 5.74) is 0.597. The highest BCUT2D eigenvalue weighted by atomic mass is 35.5. The van der Waals surface area contributed by atoms with Crippen molar-refractivity contribution in [1.29, 1.82) is 0 Å². The summed E-state index contributed by atoms with van der Waals surface area (Å²) in [4.78, 5) is 11.7. The molecule has 0 bridgehead atoms. The summed E-state index contributed by atoms with van der Waals surface area (Å²) in [5.74, 6) is 0.506.